The molecule has 1 atom stereocenters. The number of hydrogen-bond acceptors (Lipinski definition) is 2. The lowest BCUT2D eigenvalue weighted by Gasteiger charge is -2.21. The summed E-state index contributed by atoms with van der Waals surface area (Å²) in [6.45, 7) is 2.05. The number of ketones is 1. The van der Waals surface area contributed by atoms with Gasteiger partial charge in [0.15, 0.2) is 5.78 Å². The quantitative estimate of drug-likeness (QED) is 0.904. The second-order valence-electron chi connectivity index (χ2n) is 5.22. The molecule has 0 saturated carbocycles. The zero-order valence-corrected chi connectivity index (χ0v) is 11.3. The summed E-state index contributed by atoms with van der Waals surface area (Å²) in [6.07, 6.45) is 1.26. The van der Waals surface area contributed by atoms with Gasteiger partial charge in [0.2, 0.25) is 0 Å². The summed E-state index contributed by atoms with van der Waals surface area (Å²) in [6, 6.07) is 15.9. The van der Waals surface area contributed by atoms with Crippen LogP contribution in [0.15, 0.2) is 54.6 Å². The fourth-order valence-electron chi connectivity index (χ4n) is 2.58. The monoisotopic (exact) mass is 264 g/mol. The summed E-state index contributed by atoms with van der Waals surface area (Å²) in [5.74, 6) is -0.231. The van der Waals surface area contributed by atoms with Crippen LogP contribution in [0.4, 0.5) is 0 Å². The summed E-state index contributed by atoms with van der Waals surface area (Å²) in [7, 11) is 0. The van der Waals surface area contributed by atoms with Crippen LogP contribution in [0.25, 0.3) is 5.57 Å². The third-order valence-corrected chi connectivity index (χ3v) is 3.70. The van der Waals surface area contributed by atoms with Crippen LogP contribution >= 0.6 is 0 Å². The van der Waals surface area contributed by atoms with Gasteiger partial charge in [-0.05, 0) is 41.7 Å². The lowest BCUT2D eigenvalue weighted by Crippen LogP contribution is -2.17. The Morgan fingerprint density at radius 3 is 2.50 bits per heavy atom. The number of aliphatic hydroxyl groups is 1. The van der Waals surface area contributed by atoms with Crippen LogP contribution in [0.3, 0.4) is 0 Å². The Bertz CT molecular complexity index is 681. The zero-order chi connectivity index (χ0) is 14.1. The largest absolute Gasteiger partial charge is 0.380 e. The second-order valence-corrected chi connectivity index (χ2v) is 5.22. The van der Waals surface area contributed by atoms with Crippen molar-refractivity contribution in [2.75, 3.05) is 0 Å². The number of aliphatic hydroxyl groups excluding tert-OH is 1. The van der Waals surface area contributed by atoms with Crippen molar-refractivity contribution in [3.8, 4) is 0 Å². The van der Waals surface area contributed by atoms with E-state index >= 15 is 0 Å². The predicted molar refractivity (Wildman–Crippen MR) is 79.3 cm³/mol. The van der Waals surface area contributed by atoms with Crippen LogP contribution in [0.1, 0.15) is 28.4 Å². The molecule has 2 nitrogen and oxygen atoms in total. The normalized spacial score (nSPS) is 17.6. The highest BCUT2D eigenvalue weighted by molar-refractivity contribution is 6.04. The molecule has 1 aliphatic rings. The first-order valence-corrected chi connectivity index (χ1v) is 6.72. The van der Waals surface area contributed by atoms with Gasteiger partial charge in [-0.15, -0.1) is 0 Å². The predicted octanol–water partition coefficient (Wildman–Crippen LogP) is 3.24. The third-order valence-electron chi connectivity index (χ3n) is 3.70. The zero-order valence-electron chi connectivity index (χ0n) is 11.3. The molecule has 0 bridgehead atoms. The van der Waals surface area contributed by atoms with Gasteiger partial charge in [-0.3, -0.25) is 4.79 Å². The molecule has 2 aromatic rings. The van der Waals surface area contributed by atoms with Gasteiger partial charge in [0.05, 0.1) is 0 Å². The molecular weight excluding hydrogens is 248 g/mol. The molecule has 2 aromatic carbocycles. The fraction of sp³-hybridized carbons (Fsp3) is 0.167. The van der Waals surface area contributed by atoms with Crippen LogP contribution in [0.2, 0.25) is 0 Å². The Hall–Kier alpha value is -2.19. The first kappa shape index (κ1) is 12.8. The van der Waals surface area contributed by atoms with Crippen molar-refractivity contribution in [1.29, 1.82) is 0 Å². The summed E-state index contributed by atoms with van der Waals surface area (Å²) < 4.78 is 0. The van der Waals surface area contributed by atoms with Gasteiger partial charge >= 0.3 is 0 Å². The number of hydrogen-bond donors (Lipinski definition) is 1. The highest BCUT2D eigenvalue weighted by atomic mass is 16.3. The first-order chi connectivity index (χ1) is 9.65. The van der Waals surface area contributed by atoms with E-state index < -0.39 is 6.10 Å². The summed E-state index contributed by atoms with van der Waals surface area (Å²) in [5.41, 5.74) is 5.04. The Balaban J connectivity index is 1.98. The van der Waals surface area contributed by atoms with Gasteiger partial charge in [-0.1, -0.05) is 54.1 Å². The number of fused-ring (bicyclic) bond motifs is 1. The molecule has 100 valence electrons. The molecule has 0 heterocycles. The molecule has 1 unspecified atom stereocenters. The minimum absolute atomic E-state index is 0.231. The van der Waals surface area contributed by atoms with Crippen molar-refractivity contribution in [2.24, 2.45) is 0 Å². The van der Waals surface area contributed by atoms with Crippen molar-refractivity contribution in [2.45, 2.75) is 19.4 Å². The SMILES string of the molecule is Cc1ccc(CC2=CC(=O)C(O)c3ccccc32)cc1. The van der Waals surface area contributed by atoms with Crippen LogP contribution in [0.5, 0.6) is 0 Å². The second kappa shape index (κ2) is 5.06. The molecular formula is C18H16O2. The summed E-state index contributed by atoms with van der Waals surface area (Å²) in [4.78, 5) is 11.9. The van der Waals surface area contributed by atoms with Gasteiger partial charge in [0.25, 0.3) is 0 Å². The molecule has 1 N–H and O–H groups in total. The molecule has 0 amide bonds. The molecule has 3 rings (SSSR count). The van der Waals surface area contributed by atoms with E-state index in [0.29, 0.717) is 12.0 Å². The van der Waals surface area contributed by atoms with Crippen molar-refractivity contribution >= 4 is 11.4 Å². The van der Waals surface area contributed by atoms with Crippen molar-refractivity contribution in [3.63, 3.8) is 0 Å². The third kappa shape index (κ3) is 2.30. The number of aryl methyl sites for hydroxylation is 1. The van der Waals surface area contributed by atoms with Gasteiger partial charge in [0.1, 0.15) is 6.10 Å². The average Bonchev–Trinajstić information content (AvgIpc) is 2.47. The lowest BCUT2D eigenvalue weighted by atomic mass is 9.85. The lowest BCUT2D eigenvalue weighted by molar-refractivity contribution is -0.122. The molecule has 0 spiro atoms. The highest BCUT2D eigenvalue weighted by Crippen LogP contribution is 2.32. The maximum absolute atomic E-state index is 11.9. The number of allylic oxidation sites excluding steroid dienone is 1. The molecule has 0 aromatic heterocycles. The van der Waals surface area contributed by atoms with Gasteiger partial charge in [0, 0.05) is 0 Å². The van der Waals surface area contributed by atoms with Crippen LogP contribution in [0, 0.1) is 6.92 Å². The maximum atomic E-state index is 11.9. The maximum Gasteiger partial charge on any atom is 0.188 e. The molecule has 0 aliphatic heterocycles. The van der Waals surface area contributed by atoms with Gasteiger partial charge in [-0.2, -0.15) is 0 Å². The van der Waals surface area contributed by atoms with E-state index in [4.69, 9.17) is 0 Å². The van der Waals surface area contributed by atoms with Crippen LogP contribution < -0.4 is 0 Å². The topological polar surface area (TPSA) is 37.3 Å². The smallest absolute Gasteiger partial charge is 0.188 e. The molecule has 20 heavy (non-hydrogen) atoms. The highest BCUT2D eigenvalue weighted by Gasteiger charge is 2.25. The Kier molecular flexibility index (Phi) is 3.25. The van der Waals surface area contributed by atoms with E-state index in [9.17, 15) is 9.90 Å². The number of carbonyl (C=O) groups is 1. The van der Waals surface area contributed by atoms with Gasteiger partial charge in [-0.25, -0.2) is 0 Å². The Morgan fingerprint density at radius 2 is 1.75 bits per heavy atom. The average molecular weight is 264 g/mol. The van der Waals surface area contributed by atoms with E-state index in [1.807, 2.05) is 24.3 Å². The van der Waals surface area contributed by atoms with E-state index in [1.165, 1.54) is 11.1 Å². The van der Waals surface area contributed by atoms with Crippen molar-refractivity contribution < 1.29 is 9.90 Å². The van der Waals surface area contributed by atoms with Gasteiger partial charge < -0.3 is 5.11 Å². The van der Waals surface area contributed by atoms with E-state index in [0.717, 1.165) is 11.1 Å². The van der Waals surface area contributed by atoms with Crippen molar-refractivity contribution in [3.05, 3.63) is 76.9 Å². The molecule has 2 heteroatoms. The Labute approximate surface area is 118 Å². The molecule has 1 aliphatic carbocycles. The molecule has 0 fully saturated rings. The van der Waals surface area contributed by atoms with E-state index in [2.05, 4.69) is 31.2 Å². The summed E-state index contributed by atoms with van der Waals surface area (Å²) >= 11 is 0. The number of rotatable bonds is 2. The van der Waals surface area contributed by atoms with Crippen LogP contribution in [-0.2, 0) is 11.2 Å². The standard InChI is InChI=1S/C18H16O2/c1-12-6-8-13(9-7-12)10-14-11-17(19)18(20)16-5-3-2-4-15(14)16/h2-9,11,18,20H,10H2,1H3. The minimum Gasteiger partial charge on any atom is -0.380 e. The van der Waals surface area contributed by atoms with E-state index in [1.54, 1.807) is 6.08 Å². The van der Waals surface area contributed by atoms with E-state index in [-0.39, 0.29) is 5.78 Å². The summed E-state index contributed by atoms with van der Waals surface area (Å²) in [5, 5.41) is 9.96. The van der Waals surface area contributed by atoms with Crippen LogP contribution in [-0.4, -0.2) is 10.9 Å². The molecule has 0 saturated heterocycles. The molecule has 0 radical (unpaired) electrons. The Morgan fingerprint density at radius 1 is 1.05 bits per heavy atom. The van der Waals surface area contributed by atoms with Crippen molar-refractivity contribution in [1.82, 2.24) is 0 Å². The fourth-order valence-corrected chi connectivity index (χ4v) is 2.58. The number of carbonyl (C=O) groups excluding carboxylic acids is 1. The first-order valence-electron chi connectivity index (χ1n) is 6.72. The minimum atomic E-state index is -1.02. The number of benzene rings is 2.